The normalized spacial score (nSPS) is 16.8. The largest absolute Gasteiger partial charge is 0.355 e. The molecule has 1 saturated heterocycles. The Balaban J connectivity index is 2.03. The first-order chi connectivity index (χ1) is 7.68. The molecule has 1 fully saturated rings. The van der Waals surface area contributed by atoms with E-state index in [-0.39, 0.29) is 11.8 Å². The van der Waals surface area contributed by atoms with E-state index < -0.39 is 0 Å². The molecule has 1 aliphatic heterocycles. The molecule has 0 atom stereocenters. The summed E-state index contributed by atoms with van der Waals surface area (Å²) in [6.07, 6.45) is 0. The third kappa shape index (κ3) is 5.97. The van der Waals surface area contributed by atoms with E-state index in [2.05, 4.69) is 15.5 Å². The lowest BCUT2D eigenvalue weighted by molar-refractivity contribution is -0.123. The van der Waals surface area contributed by atoms with Crippen LogP contribution in [0, 0.1) is 0 Å². The summed E-state index contributed by atoms with van der Waals surface area (Å²) < 4.78 is 0. The fourth-order valence-corrected chi connectivity index (χ4v) is 2.44. The zero-order valence-electron chi connectivity index (χ0n) is 9.62. The van der Waals surface area contributed by atoms with Gasteiger partial charge in [0.25, 0.3) is 0 Å². The molecule has 92 valence electrons. The predicted molar refractivity (Wildman–Crippen MR) is 65.5 cm³/mol. The lowest BCUT2D eigenvalue weighted by Gasteiger charge is -2.25. The lowest BCUT2D eigenvalue weighted by Crippen LogP contribution is -2.43. The number of carbonyl (C=O) groups excluding carboxylic acids is 2. The van der Waals surface area contributed by atoms with E-state index in [0.29, 0.717) is 19.6 Å². The molecule has 0 aromatic rings. The van der Waals surface area contributed by atoms with E-state index >= 15 is 0 Å². The van der Waals surface area contributed by atoms with E-state index in [4.69, 9.17) is 0 Å². The molecule has 5 nitrogen and oxygen atoms in total. The second kappa shape index (κ2) is 7.51. The Hall–Kier alpha value is -0.750. The maximum Gasteiger partial charge on any atom is 0.234 e. The van der Waals surface area contributed by atoms with Gasteiger partial charge in [-0.2, -0.15) is 11.8 Å². The Bertz CT molecular complexity index is 242. The minimum Gasteiger partial charge on any atom is -0.355 e. The van der Waals surface area contributed by atoms with Gasteiger partial charge >= 0.3 is 0 Å². The summed E-state index contributed by atoms with van der Waals surface area (Å²) in [5, 5.41) is 5.42. The van der Waals surface area contributed by atoms with Crippen LogP contribution in [0.5, 0.6) is 0 Å². The molecule has 0 bridgehead atoms. The smallest absolute Gasteiger partial charge is 0.234 e. The third-order valence-corrected chi connectivity index (χ3v) is 3.23. The molecule has 0 aromatic heterocycles. The average molecular weight is 245 g/mol. The average Bonchev–Trinajstić information content (AvgIpc) is 2.25. The fraction of sp³-hybridized carbons (Fsp3) is 0.800. The summed E-state index contributed by atoms with van der Waals surface area (Å²) in [7, 11) is 0. The first kappa shape index (κ1) is 13.3. The van der Waals surface area contributed by atoms with Crippen molar-refractivity contribution in [3.63, 3.8) is 0 Å². The summed E-state index contributed by atoms with van der Waals surface area (Å²) in [6.45, 7) is 4.92. The quantitative estimate of drug-likeness (QED) is 0.628. The van der Waals surface area contributed by atoms with Crippen molar-refractivity contribution >= 4 is 23.6 Å². The number of carbonyl (C=O) groups is 2. The van der Waals surface area contributed by atoms with Gasteiger partial charge in [-0.1, -0.05) is 0 Å². The maximum atomic E-state index is 11.5. The highest BCUT2D eigenvalue weighted by Gasteiger charge is 2.13. The molecule has 1 heterocycles. The van der Waals surface area contributed by atoms with Crippen molar-refractivity contribution in [1.82, 2.24) is 15.5 Å². The minimum atomic E-state index is -0.0673. The summed E-state index contributed by atoms with van der Waals surface area (Å²) in [6, 6.07) is 0. The van der Waals surface area contributed by atoms with Crippen molar-refractivity contribution in [3.05, 3.63) is 0 Å². The Labute approximate surface area is 100 Å². The van der Waals surface area contributed by atoms with E-state index in [0.717, 1.165) is 24.6 Å². The minimum absolute atomic E-state index is 0.0391. The van der Waals surface area contributed by atoms with Gasteiger partial charge in [-0.05, 0) is 0 Å². The van der Waals surface area contributed by atoms with Crippen LogP contribution < -0.4 is 10.6 Å². The molecule has 0 aromatic carbocycles. The molecule has 1 aliphatic rings. The van der Waals surface area contributed by atoms with Gasteiger partial charge in [-0.15, -0.1) is 0 Å². The number of rotatable bonds is 5. The highest BCUT2D eigenvalue weighted by Crippen LogP contribution is 2.07. The Kier molecular flexibility index (Phi) is 6.25. The second-order valence-electron chi connectivity index (χ2n) is 3.72. The number of nitrogens with zero attached hydrogens (tertiary/aromatic N) is 1. The van der Waals surface area contributed by atoms with Crippen LogP contribution in [0.15, 0.2) is 0 Å². The first-order valence-corrected chi connectivity index (χ1v) is 6.65. The van der Waals surface area contributed by atoms with Crippen LogP contribution in [0.1, 0.15) is 6.92 Å². The van der Waals surface area contributed by atoms with E-state index in [1.165, 1.54) is 6.92 Å². The number of nitrogens with one attached hydrogen (secondary N) is 2. The number of thioether (sulfide) groups is 1. The van der Waals surface area contributed by atoms with Gasteiger partial charge in [0.15, 0.2) is 0 Å². The molecule has 2 N–H and O–H groups in total. The Morgan fingerprint density at radius 3 is 2.44 bits per heavy atom. The molecule has 0 radical (unpaired) electrons. The second-order valence-corrected chi connectivity index (χ2v) is 4.95. The molecule has 16 heavy (non-hydrogen) atoms. The van der Waals surface area contributed by atoms with Gasteiger partial charge < -0.3 is 10.6 Å². The van der Waals surface area contributed by atoms with Crippen LogP contribution in [0.3, 0.4) is 0 Å². The van der Waals surface area contributed by atoms with E-state index in [9.17, 15) is 9.59 Å². The lowest BCUT2D eigenvalue weighted by atomic mass is 10.4. The first-order valence-electron chi connectivity index (χ1n) is 5.49. The van der Waals surface area contributed by atoms with Gasteiger partial charge in [0.05, 0.1) is 6.54 Å². The van der Waals surface area contributed by atoms with Crippen LogP contribution in [-0.2, 0) is 9.59 Å². The molecular weight excluding hydrogens is 226 g/mol. The predicted octanol–water partition coefficient (Wildman–Crippen LogP) is -0.712. The maximum absolute atomic E-state index is 11.5. The number of amides is 2. The molecule has 0 spiro atoms. The number of hydrogen-bond donors (Lipinski definition) is 2. The SMILES string of the molecule is CC(=O)NCCNC(=O)CN1CCSCC1. The van der Waals surface area contributed by atoms with Gasteiger partial charge in [0, 0.05) is 44.6 Å². The standard InChI is InChI=1S/C10H19N3O2S/c1-9(14)11-2-3-12-10(15)8-13-4-6-16-7-5-13/h2-8H2,1H3,(H,11,14)(H,12,15). The van der Waals surface area contributed by atoms with Crippen LogP contribution >= 0.6 is 11.8 Å². The summed E-state index contributed by atoms with van der Waals surface area (Å²) in [4.78, 5) is 24.2. The van der Waals surface area contributed by atoms with Crippen LogP contribution in [0.2, 0.25) is 0 Å². The van der Waals surface area contributed by atoms with Crippen molar-refractivity contribution in [2.24, 2.45) is 0 Å². The third-order valence-electron chi connectivity index (χ3n) is 2.29. The fourth-order valence-electron chi connectivity index (χ4n) is 1.46. The van der Waals surface area contributed by atoms with Crippen molar-refractivity contribution in [2.45, 2.75) is 6.92 Å². The Morgan fingerprint density at radius 2 is 1.81 bits per heavy atom. The van der Waals surface area contributed by atoms with Crippen LogP contribution in [-0.4, -0.2) is 60.9 Å². The van der Waals surface area contributed by atoms with Gasteiger partial charge in [-0.25, -0.2) is 0 Å². The van der Waals surface area contributed by atoms with Crippen LogP contribution in [0.25, 0.3) is 0 Å². The van der Waals surface area contributed by atoms with Crippen molar-refractivity contribution in [1.29, 1.82) is 0 Å². The molecule has 2 amide bonds. The van der Waals surface area contributed by atoms with Gasteiger partial charge in [0.2, 0.25) is 11.8 Å². The van der Waals surface area contributed by atoms with E-state index in [1.54, 1.807) is 0 Å². The molecule has 1 rings (SSSR count). The number of hydrogen-bond acceptors (Lipinski definition) is 4. The van der Waals surface area contributed by atoms with Crippen molar-refractivity contribution in [3.8, 4) is 0 Å². The molecule has 0 unspecified atom stereocenters. The highest BCUT2D eigenvalue weighted by molar-refractivity contribution is 7.99. The summed E-state index contributed by atoms with van der Waals surface area (Å²) >= 11 is 1.93. The van der Waals surface area contributed by atoms with Crippen molar-refractivity contribution in [2.75, 3.05) is 44.2 Å². The topological polar surface area (TPSA) is 61.4 Å². The van der Waals surface area contributed by atoms with Gasteiger partial charge in [0.1, 0.15) is 0 Å². The van der Waals surface area contributed by atoms with E-state index in [1.807, 2.05) is 11.8 Å². The summed E-state index contributed by atoms with van der Waals surface area (Å²) in [5.74, 6) is 2.19. The highest BCUT2D eigenvalue weighted by atomic mass is 32.2. The molecular formula is C10H19N3O2S. The van der Waals surface area contributed by atoms with Gasteiger partial charge in [-0.3, -0.25) is 14.5 Å². The monoisotopic (exact) mass is 245 g/mol. The molecule has 0 saturated carbocycles. The molecule has 6 heteroatoms. The van der Waals surface area contributed by atoms with Crippen molar-refractivity contribution < 1.29 is 9.59 Å². The summed E-state index contributed by atoms with van der Waals surface area (Å²) in [5.41, 5.74) is 0. The zero-order valence-corrected chi connectivity index (χ0v) is 10.4. The Morgan fingerprint density at radius 1 is 1.19 bits per heavy atom. The molecule has 0 aliphatic carbocycles. The van der Waals surface area contributed by atoms with Crippen LogP contribution in [0.4, 0.5) is 0 Å². The zero-order chi connectivity index (χ0) is 11.8.